The average Bonchev–Trinajstić information content (AvgIpc) is 2.93. The van der Waals surface area contributed by atoms with Crippen LogP contribution in [-0.4, -0.2) is 27.3 Å². The first-order valence-corrected chi connectivity index (χ1v) is 12.9. The van der Waals surface area contributed by atoms with Crippen molar-refractivity contribution in [1.82, 2.24) is 0 Å². The summed E-state index contributed by atoms with van der Waals surface area (Å²) in [6.07, 6.45) is 0. The minimum atomic E-state index is -1.47. The van der Waals surface area contributed by atoms with Crippen molar-refractivity contribution in [3.05, 3.63) is 105 Å². The van der Waals surface area contributed by atoms with Gasteiger partial charge in [-0.1, -0.05) is 36.4 Å². The predicted molar refractivity (Wildman–Crippen MR) is 144 cm³/mol. The van der Waals surface area contributed by atoms with Crippen molar-refractivity contribution < 1.29 is 23.5 Å². The summed E-state index contributed by atoms with van der Waals surface area (Å²) in [5.41, 5.74) is 2.54. The highest BCUT2D eigenvalue weighted by molar-refractivity contribution is 7.85. The second-order valence-electron chi connectivity index (χ2n) is 8.06. The molecule has 0 aliphatic carbocycles. The summed E-state index contributed by atoms with van der Waals surface area (Å²) in [7, 11) is -1.47. The van der Waals surface area contributed by atoms with Crippen LogP contribution in [0.3, 0.4) is 0 Å². The molecule has 38 heavy (non-hydrogen) atoms. The van der Waals surface area contributed by atoms with Gasteiger partial charge in [0.25, 0.3) is 0 Å². The molecular formula is C28H24N2O7S. The molecule has 9 nitrogen and oxygen atoms in total. The second-order valence-corrected chi connectivity index (χ2v) is 9.54. The van der Waals surface area contributed by atoms with Gasteiger partial charge in [-0.05, 0) is 72.5 Å². The van der Waals surface area contributed by atoms with Gasteiger partial charge >= 0.3 is 11.4 Å². The topological polar surface area (TPSA) is 122 Å². The maximum Gasteiger partial charge on any atom is 0.311 e. The smallest absolute Gasteiger partial charge is 0.311 e. The van der Waals surface area contributed by atoms with Crippen LogP contribution in [0.4, 0.5) is 11.4 Å². The van der Waals surface area contributed by atoms with E-state index >= 15 is 0 Å². The van der Waals surface area contributed by atoms with Crippen molar-refractivity contribution in [2.45, 2.75) is 23.6 Å². The molecule has 0 fully saturated rings. The number of hydrogen-bond donors (Lipinski definition) is 0. The Balaban J connectivity index is 1.54. The van der Waals surface area contributed by atoms with E-state index in [0.29, 0.717) is 34.1 Å². The number of ether oxygens (including phenoxy) is 2. The van der Waals surface area contributed by atoms with E-state index in [4.69, 9.17) is 9.47 Å². The lowest BCUT2D eigenvalue weighted by Crippen LogP contribution is -1.98. The van der Waals surface area contributed by atoms with E-state index in [0.717, 1.165) is 11.1 Å². The number of nitro benzene ring substituents is 2. The Labute approximate surface area is 221 Å². The molecular weight excluding hydrogens is 508 g/mol. The van der Waals surface area contributed by atoms with Crippen LogP contribution in [0.2, 0.25) is 0 Å². The van der Waals surface area contributed by atoms with Gasteiger partial charge < -0.3 is 9.47 Å². The third kappa shape index (κ3) is 5.70. The van der Waals surface area contributed by atoms with Crippen LogP contribution in [0, 0.1) is 20.2 Å². The van der Waals surface area contributed by atoms with Gasteiger partial charge in [0.05, 0.1) is 33.9 Å². The highest BCUT2D eigenvalue weighted by Gasteiger charge is 2.18. The Morgan fingerprint density at radius 3 is 1.26 bits per heavy atom. The van der Waals surface area contributed by atoms with Crippen molar-refractivity contribution >= 4 is 22.2 Å². The van der Waals surface area contributed by atoms with Crippen molar-refractivity contribution in [1.29, 1.82) is 0 Å². The maximum absolute atomic E-state index is 13.2. The van der Waals surface area contributed by atoms with E-state index < -0.39 is 20.6 Å². The highest BCUT2D eigenvalue weighted by Crippen LogP contribution is 2.34. The summed E-state index contributed by atoms with van der Waals surface area (Å²) < 4.78 is 23.8. The Morgan fingerprint density at radius 1 is 0.605 bits per heavy atom. The van der Waals surface area contributed by atoms with Gasteiger partial charge in [-0.15, -0.1) is 0 Å². The molecule has 0 aliphatic rings. The van der Waals surface area contributed by atoms with Crippen molar-refractivity contribution in [2.24, 2.45) is 0 Å². The first-order valence-electron chi connectivity index (χ1n) is 11.8. The molecule has 0 atom stereocenters. The molecule has 0 amide bonds. The van der Waals surface area contributed by atoms with E-state index in [1.807, 2.05) is 0 Å². The fourth-order valence-electron chi connectivity index (χ4n) is 3.91. The number of hydrogen-bond acceptors (Lipinski definition) is 7. The summed E-state index contributed by atoms with van der Waals surface area (Å²) in [5.74, 6) is 0.421. The van der Waals surface area contributed by atoms with Crippen LogP contribution in [-0.2, 0) is 10.8 Å². The number of benzene rings is 4. The molecule has 0 heterocycles. The molecule has 0 saturated carbocycles. The molecule has 0 aromatic heterocycles. The maximum atomic E-state index is 13.2. The molecule has 0 saturated heterocycles. The lowest BCUT2D eigenvalue weighted by Gasteiger charge is -2.09. The predicted octanol–water partition coefficient (Wildman–Crippen LogP) is 6.80. The highest BCUT2D eigenvalue weighted by atomic mass is 32.2. The molecule has 0 bridgehead atoms. The third-order valence-corrected chi connectivity index (χ3v) is 7.12. The Morgan fingerprint density at radius 2 is 0.947 bits per heavy atom. The first-order chi connectivity index (χ1) is 18.3. The van der Waals surface area contributed by atoms with E-state index in [1.54, 1.807) is 86.6 Å². The summed E-state index contributed by atoms with van der Waals surface area (Å²) in [6, 6.07) is 23.5. The van der Waals surface area contributed by atoms with Crippen molar-refractivity contribution in [2.75, 3.05) is 13.2 Å². The minimum absolute atomic E-state index is 0.116. The fraction of sp³-hybridized carbons (Fsp3) is 0.143. The molecule has 0 unspecified atom stereocenters. The van der Waals surface area contributed by atoms with E-state index in [9.17, 15) is 24.4 Å². The minimum Gasteiger partial charge on any atom is -0.487 e. The van der Waals surface area contributed by atoms with E-state index in [2.05, 4.69) is 0 Å². The van der Waals surface area contributed by atoms with Gasteiger partial charge in [0, 0.05) is 21.9 Å². The molecule has 4 aromatic rings. The van der Waals surface area contributed by atoms with Crippen LogP contribution < -0.4 is 9.47 Å². The fourth-order valence-corrected chi connectivity index (χ4v) is 4.95. The summed E-state index contributed by atoms with van der Waals surface area (Å²) in [5, 5.41) is 22.9. The van der Waals surface area contributed by atoms with Gasteiger partial charge in [-0.2, -0.15) is 0 Å². The summed E-state index contributed by atoms with van der Waals surface area (Å²) >= 11 is 0. The van der Waals surface area contributed by atoms with Gasteiger partial charge in [0.2, 0.25) is 0 Å². The van der Waals surface area contributed by atoms with Crippen LogP contribution >= 0.6 is 0 Å². The zero-order valence-corrected chi connectivity index (χ0v) is 21.5. The van der Waals surface area contributed by atoms with Crippen LogP contribution in [0.15, 0.2) is 94.7 Å². The lowest BCUT2D eigenvalue weighted by atomic mass is 10.0. The third-order valence-electron chi connectivity index (χ3n) is 5.71. The standard InChI is InChI=1S/C28H24N2O7S/c1-3-36-27-15-9-21(17-25(27)29(31)32)19-5-11-23(12-6-19)38(35)24-13-7-20(8-14-24)22-10-16-28(37-4-2)26(18-22)30(33)34/h5-18H,3-4H2,1-2H3. The molecule has 0 aliphatic heterocycles. The van der Waals surface area contributed by atoms with Gasteiger partial charge in [0.1, 0.15) is 0 Å². The molecule has 0 radical (unpaired) electrons. The van der Waals surface area contributed by atoms with E-state index in [1.165, 1.54) is 12.1 Å². The monoisotopic (exact) mass is 532 g/mol. The van der Waals surface area contributed by atoms with Crippen LogP contribution in [0.5, 0.6) is 11.5 Å². The van der Waals surface area contributed by atoms with Crippen LogP contribution in [0.1, 0.15) is 13.8 Å². The number of rotatable bonds is 10. The quantitative estimate of drug-likeness (QED) is 0.163. The average molecular weight is 533 g/mol. The molecule has 4 rings (SSSR count). The second kappa shape index (κ2) is 11.7. The zero-order valence-electron chi connectivity index (χ0n) is 20.7. The Hall–Kier alpha value is -4.57. The normalized spacial score (nSPS) is 10.8. The molecule has 10 heteroatoms. The Kier molecular flexibility index (Phi) is 8.12. The lowest BCUT2D eigenvalue weighted by molar-refractivity contribution is -0.385. The SMILES string of the molecule is CCOc1ccc(-c2ccc(S(=O)c3ccc(-c4ccc(OCC)c([N+](=O)[O-])c4)cc3)cc2)cc1[N+](=O)[O-]. The van der Waals surface area contributed by atoms with Gasteiger partial charge in [-0.3, -0.25) is 20.2 Å². The summed E-state index contributed by atoms with van der Waals surface area (Å²) in [6.45, 7) is 4.16. The van der Waals surface area contributed by atoms with E-state index in [-0.39, 0.29) is 22.9 Å². The Bertz CT molecular complexity index is 1390. The van der Waals surface area contributed by atoms with Crippen molar-refractivity contribution in [3.8, 4) is 33.8 Å². The van der Waals surface area contributed by atoms with Gasteiger partial charge in [-0.25, -0.2) is 4.21 Å². The summed E-state index contributed by atoms with van der Waals surface area (Å²) in [4.78, 5) is 23.0. The van der Waals surface area contributed by atoms with Crippen molar-refractivity contribution in [3.63, 3.8) is 0 Å². The number of nitro groups is 2. The molecule has 4 aromatic carbocycles. The molecule has 194 valence electrons. The first kappa shape index (κ1) is 26.5. The molecule has 0 spiro atoms. The number of nitrogens with zero attached hydrogens (tertiary/aromatic N) is 2. The largest absolute Gasteiger partial charge is 0.487 e. The van der Waals surface area contributed by atoms with Crippen LogP contribution in [0.25, 0.3) is 22.3 Å². The zero-order chi connectivity index (χ0) is 27.2. The van der Waals surface area contributed by atoms with Gasteiger partial charge in [0.15, 0.2) is 11.5 Å². The molecule has 0 N–H and O–H groups in total.